The summed E-state index contributed by atoms with van der Waals surface area (Å²) in [6, 6.07) is 7.48. The maximum Gasteiger partial charge on any atom is 0.165 e. The minimum Gasteiger partial charge on any atom is -0.297 e. The topological polar surface area (TPSA) is 70.0 Å². The minimum atomic E-state index is -0.466. The van der Waals surface area contributed by atoms with Gasteiger partial charge in [0, 0.05) is 9.99 Å². The summed E-state index contributed by atoms with van der Waals surface area (Å²) in [5, 5.41) is 16.0. The quantitative estimate of drug-likeness (QED) is 0.633. The number of hydrogen-bond donors (Lipinski definition) is 2. The molecule has 0 saturated heterocycles. The van der Waals surface area contributed by atoms with Gasteiger partial charge in [-0.25, -0.2) is 4.84 Å². The Kier molecular flexibility index (Phi) is 5.12. The molecule has 0 radical (unpaired) electrons. The van der Waals surface area contributed by atoms with Gasteiger partial charge in [-0.15, -0.1) is 0 Å². The number of hydrogen-bond acceptors (Lipinski definition) is 5. The second-order valence-corrected chi connectivity index (χ2v) is 4.11. The maximum absolute atomic E-state index is 11.2. The van der Waals surface area contributed by atoms with E-state index in [0.717, 1.165) is 9.13 Å². The van der Waals surface area contributed by atoms with Crippen molar-refractivity contribution in [1.29, 1.82) is 0 Å². The van der Waals surface area contributed by atoms with Gasteiger partial charge in [-0.1, -0.05) is 12.1 Å². The van der Waals surface area contributed by atoms with E-state index in [0.29, 0.717) is 0 Å². The van der Waals surface area contributed by atoms with Gasteiger partial charge in [0.15, 0.2) is 5.78 Å². The molecule has 0 aromatic heterocycles. The molecule has 15 heavy (non-hydrogen) atoms. The van der Waals surface area contributed by atoms with E-state index >= 15 is 0 Å². The first-order valence-electron chi connectivity index (χ1n) is 4.15. The molecular formula is C9H10INO4. The van der Waals surface area contributed by atoms with Crippen LogP contribution in [-0.2, 0) is 16.1 Å². The Morgan fingerprint density at radius 3 is 2.47 bits per heavy atom. The van der Waals surface area contributed by atoms with Crippen molar-refractivity contribution in [2.75, 3.05) is 6.61 Å². The highest BCUT2D eigenvalue weighted by Gasteiger charge is 2.05. The summed E-state index contributed by atoms with van der Waals surface area (Å²) in [6.45, 7) is -0.362. The summed E-state index contributed by atoms with van der Waals surface area (Å²) >= 11 is 2.17. The van der Waals surface area contributed by atoms with Crippen LogP contribution >= 0.6 is 22.6 Å². The zero-order valence-electron chi connectivity index (χ0n) is 7.76. The van der Waals surface area contributed by atoms with Gasteiger partial charge in [-0.3, -0.25) is 15.2 Å². The third-order valence-electron chi connectivity index (χ3n) is 1.66. The van der Waals surface area contributed by atoms with Gasteiger partial charge in [0.1, 0.15) is 6.61 Å². The molecule has 0 heterocycles. The molecule has 0 aliphatic carbocycles. The fourth-order valence-electron chi connectivity index (χ4n) is 1.01. The molecule has 1 aromatic rings. The van der Waals surface area contributed by atoms with Crippen molar-refractivity contribution in [3.05, 3.63) is 33.4 Å². The molecule has 0 atom stereocenters. The number of carbonyl (C=O) groups is 1. The van der Waals surface area contributed by atoms with Crippen LogP contribution < -0.4 is 0 Å². The number of nitrogens with zero attached hydrogens (tertiary/aromatic N) is 1. The van der Waals surface area contributed by atoms with E-state index in [1.807, 2.05) is 24.3 Å². The lowest BCUT2D eigenvalue weighted by atomic mass is 10.1. The predicted octanol–water partition coefficient (Wildman–Crippen LogP) is 1.41. The van der Waals surface area contributed by atoms with Crippen molar-refractivity contribution in [3.8, 4) is 0 Å². The summed E-state index contributed by atoms with van der Waals surface area (Å²) in [6.07, 6.45) is 0.213. The van der Waals surface area contributed by atoms with Gasteiger partial charge in [0.05, 0.1) is 5.39 Å². The monoisotopic (exact) mass is 323 g/mol. The van der Waals surface area contributed by atoms with E-state index in [-0.39, 0.29) is 18.8 Å². The van der Waals surface area contributed by atoms with Crippen LogP contribution in [0.15, 0.2) is 24.3 Å². The van der Waals surface area contributed by atoms with Gasteiger partial charge >= 0.3 is 0 Å². The highest BCUT2D eigenvalue weighted by Crippen LogP contribution is 2.07. The van der Waals surface area contributed by atoms with Crippen LogP contribution in [0.1, 0.15) is 5.56 Å². The minimum absolute atomic E-state index is 0.213. The number of carbonyl (C=O) groups excluding carboxylic acids is 1. The predicted molar refractivity (Wildman–Crippen MR) is 59.2 cm³/mol. The number of ketones is 1. The Bertz CT molecular complexity index is 325. The standard InChI is InChI=1S/C9H10INO4/c10-8-3-1-7(2-4-8)5-9(12)6-15-11(13)14/h1-4,13-14H,5-6H2. The van der Waals surface area contributed by atoms with Crippen LogP contribution in [0.5, 0.6) is 0 Å². The molecule has 2 N–H and O–H groups in total. The molecular weight excluding hydrogens is 313 g/mol. The highest BCUT2D eigenvalue weighted by molar-refractivity contribution is 14.1. The Balaban J connectivity index is 2.41. The van der Waals surface area contributed by atoms with Crippen LogP contribution in [-0.4, -0.2) is 28.2 Å². The second-order valence-electron chi connectivity index (χ2n) is 2.87. The van der Waals surface area contributed by atoms with Crippen molar-refractivity contribution in [1.82, 2.24) is 5.39 Å². The summed E-state index contributed by atoms with van der Waals surface area (Å²) < 4.78 is 1.09. The highest BCUT2D eigenvalue weighted by atomic mass is 127. The summed E-state index contributed by atoms with van der Waals surface area (Å²) in [5.74, 6) is -0.232. The summed E-state index contributed by atoms with van der Waals surface area (Å²) in [5.41, 5.74) is 0.867. The Morgan fingerprint density at radius 1 is 1.33 bits per heavy atom. The zero-order chi connectivity index (χ0) is 11.3. The van der Waals surface area contributed by atoms with E-state index in [4.69, 9.17) is 10.4 Å². The van der Waals surface area contributed by atoms with Crippen molar-refractivity contribution < 1.29 is 20.0 Å². The molecule has 0 bridgehead atoms. The molecule has 82 valence electrons. The first-order chi connectivity index (χ1) is 7.08. The molecule has 1 rings (SSSR count). The first-order valence-corrected chi connectivity index (χ1v) is 5.23. The maximum atomic E-state index is 11.2. The van der Waals surface area contributed by atoms with E-state index in [1.54, 1.807) is 0 Å². The summed E-state index contributed by atoms with van der Waals surface area (Å²) in [7, 11) is 0. The molecule has 0 saturated carbocycles. The normalized spacial score (nSPS) is 10.7. The smallest absolute Gasteiger partial charge is 0.165 e. The number of benzene rings is 1. The summed E-state index contributed by atoms with van der Waals surface area (Å²) in [4.78, 5) is 15.4. The van der Waals surface area contributed by atoms with Crippen LogP contribution in [0.4, 0.5) is 0 Å². The van der Waals surface area contributed by atoms with Crippen molar-refractivity contribution >= 4 is 28.4 Å². The lowest BCUT2D eigenvalue weighted by molar-refractivity contribution is -0.488. The van der Waals surface area contributed by atoms with Gasteiger partial charge in [-0.2, -0.15) is 0 Å². The van der Waals surface area contributed by atoms with Gasteiger partial charge in [0.2, 0.25) is 0 Å². The zero-order valence-corrected chi connectivity index (χ0v) is 9.92. The molecule has 0 amide bonds. The fourth-order valence-corrected chi connectivity index (χ4v) is 1.37. The Labute approximate surface area is 100 Å². The van der Waals surface area contributed by atoms with Crippen molar-refractivity contribution in [2.45, 2.75) is 6.42 Å². The molecule has 0 spiro atoms. The number of Topliss-reactive ketones (excluding diaryl/α,β-unsaturated/α-hetero) is 1. The van der Waals surface area contributed by atoms with Gasteiger partial charge in [-0.05, 0) is 40.3 Å². The Hall–Kier alpha value is -0.540. The van der Waals surface area contributed by atoms with Gasteiger partial charge in [0.25, 0.3) is 0 Å². The van der Waals surface area contributed by atoms with Gasteiger partial charge < -0.3 is 0 Å². The molecule has 1 aromatic carbocycles. The molecule has 0 fully saturated rings. The van der Waals surface area contributed by atoms with E-state index in [1.165, 1.54) is 0 Å². The van der Waals surface area contributed by atoms with E-state index < -0.39 is 5.39 Å². The average molecular weight is 323 g/mol. The molecule has 0 aliphatic rings. The Morgan fingerprint density at radius 2 is 1.93 bits per heavy atom. The lowest BCUT2D eigenvalue weighted by Crippen LogP contribution is -2.21. The third-order valence-corrected chi connectivity index (χ3v) is 2.37. The number of rotatable bonds is 5. The average Bonchev–Trinajstić information content (AvgIpc) is 2.19. The van der Waals surface area contributed by atoms with Crippen LogP contribution in [0, 0.1) is 3.57 Å². The van der Waals surface area contributed by atoms with Crippen molar-refractivity contribution in [2.24, 2.45) is 0 Å². The second kappa shape index (κ2) is 6.13. The van der Waals surface area contributed by atoms with Crippen molar-refractivity contribution in [3.63, 3.8) is 0 Å². The third kappa shape index (κ3) is 5.19. The van der Waals surface area contributed by atoms with E-state index in [9.17, 15) is 4.79 Å². The largest absolute Gasteiger partial charge is 0.297 e. The first kappa shape index (κ1) is 12.5. The molecule has 0 unspecified atom stereocenters. The number of halogens is 1. The molecule has 0 aliphatic heterocycles. The van der Waals surface area contributed by atoms with E-state index in [2.05, 4.69) is 27.4 Å². The van der Waals surface area contributed by atoms with Crippen LogP contribution in [0.3, 0.4) is 0 Å². The molecule has 6 heteroatoms. The fraction of sp³-hybridized carbons (Fsp3) is 0.222. The van der Waals surface area contributed by atoms with Crippen LogP contribution in [0.2, 0.25) is 0 Å². The van der Waals surface area contributed by atoms with Crippen LogP contribution in [0.25, 0.3) is 0 Å². The molecule has 5 nitrogen and oxygen atoms in total. The SMILES string of the molecule is O=C(CON(O)O)Cc1ccc(I)cc1. The lowest BCUT2D eigenvalue weighted by Gasteiger charge is -2.05.